The summed E-state index contributed by atoms with van der Waals surface area (Å²) in [5.74, 6) is 0.726. The van der Waals surface area contributed by atoms with Crippen molar-refractivity contribution in [3.05, 3.63) is 0 Å². The molecule has 1 aliphatic heterocycles. The molecular weight excluding hydrogens is 224 g/mol. The molecule has 0 aromatic heterocycles. The van der Waals surface area contributed by atoms with Crippen LogP contribution in [0.25, 0.3) is 0 Å². The molecule has 108 valence electrons. The van der Waals surface area contributed by atoms with Crippen LogP contribution in [0.15, 0.2) is 0 Å². The summed E-state index contributed by atoms with van der Waals surface area (Å²) in [6, 6.07) is 1.33. The highest BCUT2D eigenvalue weighted by Gasteiger charge is 2.25. The van der Waals surface area contributed by atoms with Gasteiger partial charge in [0.1, 0.15) is 0 Å². The minimum absolute atomic E-state index is 0.369. The quantitative estimate of drug-likeness (QED) is 0.708. The average molecular weight is 256 g/mol. The Labute approximate surface area is 113 Å². The highest BCUT2D eigenvalue weighted by molar-refractivity contribution is 4.85. The van der Waals surface area contributed by atoms with E-state index in [1.165, 1.54) is 25.9 Å². The molecule has 1 saturated heterocycles. The standard InChI is InChI=1S/C15H32N2O/c1-12(2)15-11-17(14(5)10-16-15)8-6-7-9-18-13(3)4/h12-16H,6-11H2,1-5H3. The van der Waals surface area contributed by atoms with E-state index in [4.69, 9.17) is 4.74 Å². The van der Waals surface area contributed by atoms with E-state index in [9.17, 15) is 0 Å². The van der Waals surface area contributed by atoms with Gasteiger partial charge in [-0.15, -0.1) is 0 Å². The number of rotatable bonds is 7. The molecule has 1 aliphatic rings. The zero-order valence-electron chi connectivity index (χ0n) is 12.9. The van der Waals surface area contributed by atoms with Crippen LogP contribution in [-0.2, 0) is 4.74 Å². The molecule has 2 unspecified atom stereocenters. The molecule has 0 radical (unpaired) electrons. The van der Waals surface area contributed by atoms with Crippen LogP contribution < -0.4 is 5.32 Å². The molecule has 3 nitrogen and oxygen atoms in total. The van der Waals surface area contributed by atoms with Crippen molar-refractivity contribution in [1.29, 1.82) is 0 Å². The van der Waals surface area contributed by atoms with E-state index in [0.717, 1.165) is 19.1 Å². The highest BCUT2D eigenvalue weighted by atomic mass is 16.5. The summed E-state index contributed by atoms with van der Waals surface area (Å²) in [6.45, 7) is 15.6. The van der Waals surface area contributed by atoms with Crippen LogP contribution in [0, 0.1) is 5.92 Å². The zero-order chi connectivity index (χ0) is 13.5. The van der Waals surface area contributed by atoms with Crippen LogP contribution in [0.4, 0.5) is 0 Å². The second-order valence-electron chi connectivity index (χ2n) is 6.23. The molecule has 2 atom stereocenters. The molecule has 0 spiro atoms. The number of ether oxygens (including phenoxy) is 1. The Morgan fingerprint density at radius 3 is 2.56 bits per heavy atom. The van der Waals surface area contributed by atoms with Gasteiger partial charge in [-0.05, 0) is 46.1 Å². The van der Waals surface area contributed by atoms with E-state index >= 15 is 0 Å². The van der Waals surface area contributed by atoms with Gasteiger partial charge in [0.25, 0.3) is 0 Å². The Hall–Kier alpha value is -0.120. The molecule has 0 aliphatic carbocycles. The van der Waals surface area contributed by atoms with Crippen LogP contribution in [0.3, 0.4) is 0 Å². The number of nitrogens with one attached hydrogen (secondary N) is 1. The van der Waals surface area contributed by atoms with Crippen LogP contribution in [-0.4, -0.2) is 49.3 Å². The normalized spacial score (nSPS) is 26.2. The minimum Gasteiger partial charge on any atom is -0.379 e. The lowest BCUT2D eigenvalue weighted by Crippen LogP contribution is -2.57. The van der Waals surface area contributed by atoms with Crippen molar-refractivity contribution < 1.29 is 4.74 Å². The maximum atomic E-state index is 5.59. The molecule has 0 saturated carbocycles. The lowest BCUT2D eigenvalue weighted by atomic mass is 9.99. The van der Waals surface area contributed by atoms with Gasteiger partial charge in [0.05, 0.1) is 6.10 Å². The van der Waals surface area contributed by atoms with Crippen LogP contribution in [0.5, 0.6) is 0 Å². The van der Waals surface area contributed by atoms with Crippen molar-refractivity contribution in [3.8, 4) is 0 Å². The van der Waals surface area contributed by atoms with E-state index < -0.39 is 0 Å². The first-order chi connectivity index (χ1) is 8.50. The van der Waals surface area contributed by atoms with Gasteiger partial charge >= 0.3 is 0 Å². The van der Waals surface area contributed by atoms with Gasteiger partial charge in [-0.2, -0.15) is 0 Å². The molecule has 0 bridgehead atoms. The number of unbranched alkanes of at least 4 members (excludes halogenated alkanes) is 1. The van der Waals surface area contributed by atoms with E-state index in [-0.39, 0.29) is 0 Å². The second-order valence-corrected chi connectivity index (χ2v) is 6.23. The first-order valence-electron chi connectivity index (χ1n) is 7.59. The van der Waals surface area contributed by atoms with Crippen molar-refractivity contribution >= 4 is 0 Å². The van der Waals surface area contributed by atoms with E-state index in [1.54, 1.807) is 0 Å². The third-order valence-electron chi connectivity index (χ3n) is 3.83. The summed E-state index contributed by atoms with van der Waals surface area (Å²) in [5, 5.41) is 3.65. The summed E-state index contributed by atoms with van der Waals surface area (Å²) in [5.41, 5.74) is 0. The fraction of sp³-hybridized carbons (Fsp3) is 1.00. The summed E-state index contributed by atoms with van der Waals surface area (Å²) in [6.07, 6.45) is 2.80. The molecule has 18 heavy (non-hydrogen) atoms. The van der Waals surface area contributed by atoms with Crippen molar-refractivity contribution in [1.82, 2.24) is 10.2 Å². The molecule has 0 amide bonds. The van der Waals surface area contributed by atoms with E-state index in [1.807, 2.05) is 0 Å². The zero-order valence-corrected chi connectivity index (χ0v) is 12.9. The predicted octanol–water partition coefficient (Wildman–Crippen LogP) is 2.51. The smallest absolute Gasteiger partial charge is 0.0518 e. The molecule has 1 N–H and O–H groups in total. The lowest BCUT2D eigenvalue weighted by molar-refractivity contribution is 0.0697. The van der Waals surface area contributed by atoms with Gasteiger partial charge in [0.2, 0.25) is 0 Å². The number of hydrogen-bond acceptors (Lipinski definition) is 3. The van der Waals surface area contributed by atoms with Crippen molar-refractivity contribution in [2.75, 3.05) is 26.2 Å². The number of piperazine rings is 1. The molecule has 1 fully saturated rings. The molecule has 3 heteroatoms. The third-order valence-corrected chi connectivity index (χ3v) is 3.83. The summed E-state index contributed by atoms with van der Waals surface area (Å²) >= 11 is 0. The van der Waals surface area contributed by atoms with Gasteiger partial charge in [-0.25, -0.2) is 0 Å². The van der Waals surface area contributed by atoms with Crippen molar-refractivity contribution in [3.63, 3.8) is 0 Å². The maximum absolute atomic E-state index is 5.59. The Morgan fingerprint density at radius 1 is 1.22 bits per heavy atom. The topological polar surface area (TPSA) is 24.5 Å². The average Bonchev–Trinajstić information content (AvgIpc) is 2.30. The van der Waals surface area contributed by atoms with Crippen molar-refractivity contribution in [2.24, 2.45) is 5.92 Å². The van der Waals surface area contributed by atoms with Crippen LogP contribution >= 0.6 is 0 Å². The van der Waals surface area contributed by atoms with Gasteiger partial charge < -0.3 is 10.1 Å². The fourth-order valence-electron chi connectivity index (χ4n) is 2.44. The SMILES string of the molecule is CC(C)OCCCCN1CC(C(C)C)NCC1C. The Balaban J connectivity index is 2.18. The fourth-order valence-corrected chi connectivity index (χ4v) is 2.44. The summed E-state index contributed by atoms with van der Waals surface area (Å²) in [4.78, 5) is 2.64. The molecule has 0 aromatic carbocycles. The number of hydrogen-bond donors (Lipinski definition) is 1. The number of nitrogens with zero attached hydrogens (tertiary/aromatic N) is 1. The van der Waals surface area contributed by atoms with Crippen molar-refractivity contribution in [2.45, 2.75) is 65.6 Å². The van der Waals surface area contributed by atoms with Gasteiger partial charge in [-0.1, -0.05) is 13.8 Å². The van der Waals surface area contributed by atoms with E-state index in [2.05, 4.69) is 44.8 Å². The molecule has 0 aromatic rings. The maximum Gasteiger partial charge on any atom is 0.0518 e. The summed E-state index contributed by atoms with van der Waals surface area (Å²) in [7, 11) is 0. The molecular formula is C15H32N2O. The molecule has 1 rings (SSSR count). The first kappa shape index (κ1) is 15.9. The largest absolute Gasteiger partial charge is 0.379 e. The van der Waals surface area contributed by atoms with Crippen LogP contribution in [0.2, 0.25) is 0 Å². The van der Waals surface area contributed by atoms with Gasteiger partial charge in [-0.3, -0.25) is 4.90 Å². The lowest BCUT2D eigenvalue weighted by Gasteiger charge is -2.40. The summed E-state index contributed by atoms with van der Waals surface area (Å²) < 4.78 is 5.59. The first-order valence-corrected chi connectivity index (χ1v) is 7.59. The minimum atomic E-state index is 0.369. The van der Waals surface area contributed by atoms with E-state index in [0.29, 0.717) is 18.2 Å². The van der Waals surface area contributed by atoms with Gasteiger partial charge in [0.15, 0.2) is 0 Å². The Kier molecular flexibility index (Phi) is 7.20. The monoisotopic (exact) mass is 256 g/mol. The Bertz CT molecular complexity index is 219. The second kappa shape index (κ2) is 8.13. The predicted molar refractivity (Wildman–Crippen MR) is 78.0 cm³/mol. The van der Waals surface area contributed by atoms with Crippen LogP contribution in [0.1, 0.15) is 47.5 Å². The van der Waals surface area contributed by atoms with Gasteiger partial charge in [0, 0.05) is 31.8 Å². The third kappa shape index (κ3) is 5.68. The molecule has 1 heterocycles. The highest BCUT2D eigenvalue weighted by Crippen LogP contribution is 2.13. The Morgan fingerprint density at radius 2 is 1.94 bits per heavy atom.